The minimum Gasteiger partial charge on any atom is -0.492 e. The SMILES string of the molecule is NC(=O)c1cc(S(=O)(=O)c2ccc(OCCNC=O)cc2)ccc1OCc1ccccc1. The first kappa shape index (κ1) is 22.8. The van der Waals surface area contributed by atoms with Gasteiger partial charge in [-0.25, -0.2) is 8.42 Å². The number of hydrogen-bond acceptors (Lipinski definition) is 6. The van der Waals surface area contributed by atoms with E-state index in [1.165, 1.54) is 42.5 Å². The summed E-state index contributed by atoms with van der Waals surface area (Å²) in [5, 5.41) is 2.46. The average molecular weight is 455 g/mol. The van der Waals surface area contributed by atoms with Gasteiger partial charge in [0.25, 0.3) is 5.91 Å². The Hall–Kier alpha value is -3.85. The topological polar surface area (TPSA) is 125 Å². The zero-order valence-electron chi connectivity index (χ0n) is 17.1. The van der Waals surface area contributed by atoms with E-state index in [-0.39, 0.29) is 34.3 Å². The second-order valence-electron chi connectivity index (χ2n) is 6.69. The Morgan fingerprint density at radius 2 is 1.62 bits per heavy atom. The molecular weight excluding hydrogens is 432 g/mol. The molecule has 3 N–H and O–H groups in total. The first-order chi connectivity index (χ1) is 15.4. The lowest BCUT2D eigenvalue weighted by atomic mass is 10.2. The lowest BCUT2D eigenvalue weighted by molar-refractivity contribution is -0.109. The fourth-order valence-electron chi connectivity index (χ4n) is 2.87. The molecule has 0 aromatic heterocycles. The van der Waals surface area contributed by atoms with Crippen LogP contribution in [0.25, 0.3) is 0 Å². The van der Waals surface area contributed by atoms with Gasteiger partial charge in [0.1, 0.15) is 24.7 Å². The van der Waals surface area contributed by atoms with Crippen LogP contribution in [0.4, 0.5) is 0 Å². The van der Waals surface area contributed by atoms with E-state index in [2.05, 4.69) is 5.32 Å². The zero-order chi connectivity index (χ0) is 23.0. The van der Waals surface area contributed by atoms with Crippen LogP contribution in [0.2, 0.25) is 0 Å². The van der Waals surface area contributed by atoms with Crippen LogP contribution < -0.4 is 20.5 Å². The molecule has 0 atom stereocenters. The zero-order valence-corrected chi connectivity index (χ0v) is 17.9. The Bertz CT molecular complexity index is 1180. The summed E-state index contributed by atoms with van der Waals surface area (Å²) in [4.78, 5) is 22.1. The van der Waals surface area contributed by atoms with E-state index in [1.54, 1.807) is 0 Å². The molecule has 3 aromatic carbocycles. The number of carbonyl (C=O) groups is 2. The van der Waals surface area contributed by atoms with Gasteiger partial charge in [-0.05, 0) is 48.0 Å². The van der Waals surface area contributed by atoms with Gasteiger partial charge in [-0.15, -0.1) is 0 Å². The Morgan fingerprint density at radius 1 is 0.938 bits per heavy atom. The molecule has 0 aliphatic heterocycles. The van der Waals surface area contributed by atoms with Gasteiger partial charge in [-0.3, -0.25) is 9.59 Å². The number of hydrogen-bond donors (Lipinski definition) is 2. The summed E-state index contributed by atoms with van der Waals surface area (Å²) in [6.07, 6.45) is 0.567. The Kier molecular flexibility index (Phi) is 7.45. The molecule has 0 heterocycles. The van der Waals surface area contributed by atoms with Crippen molar-refractivity contribution in [2.75, 3.05) is 13.2 Å². The highest BCUT2D eigenvalue weighted by molar-refractivity contribution is 7.91. The third kappa shape index (κ3) is 5.64. The van der Waals surface area contributed by atoms with Crippen molar-refractivity contribution in [1.29, 1.82) is 0 Å². The molecule has 166 valence electrons. The molecule has 0 fully saturated rings. The van der Waals surface area contributed by atoms with Crippen molar-refractivity contribution < 1.29 is 27.5 Å². The highest BCUT2D eigenvalue weighted by atomic mass is 32.2. The van der Waals surface area contributed by atoms with Crippen LogP contribution in [0.3, 0.4) is 0 Å². The number of sulfone groups is 1. The fraction of sp³-hybridized carbons (Fsp3) is 0.130. The molecule has 0 aliphatic carbocycles. The number of carbonyl (C=O) groups excluding carboxylic acids is 2. The first-order valence-corrected chi connectivity index (χ1v) is 11.2. The minimum atomic E-state index is -3.90. The van der Waals surface area contributed by atoms with Crippen molar-refractivity contribution in [2.45, 2.75) is 16.4 Å². The lowest BCUT2D eigenvalue weighted by Gasteiger charge is -2.12. The average Bonchev–Trinajstić information content (AvgIpc) is 2.81. The van der Waals surface area contributed by atoms with Crippen LogP contribution in [0.5, 0.6) is 11.5 Å². The van der Waals surface area contributed by atoms with Gasteiger partial charge in [0.2, 0.25) is 16.2 Å². The van der Waals surface area contributed by atoms with Crippen molar-refractivity contribution in [3.8, 4) is 11.5 Å². The van der Waals surface area contributed by atoms with Crippen LogP contribution in [0.1, 0.15) is 15.9 Å². The van der Waals surface area contributed by atoms with Crippen molar-refractivity contribution in [3.05, 3.63) is 83.9 Å². The van der Waals surface area contributed by atoms with Crippen molar-refractivity contribution in [2.24, 2.45) is 5.73 Å². The number of primary amides is 1. The molecule has 0 saturated carbocycles. The number of benzene rings is 3. The van der Waals surface area contributed by atoms with E-state index in [1.807, 2.05) is 30.3 Å². The number of ether oxygens (including phenoxy) is 2. The summed E-state index contributed by atoms with van der Waals surface area (Å²) in [7, 11) is -3.90. The van der Waals surface area contributed by atoms with Crippen LogP contribution in [-0.2, 0) is 21.2 Å². The fourth-order valence-corrected chi connectivity index (χ4v) is 4.15. The summed E-state index contributed by atoms with van der Waals surface area (Å²) in [5.41, 5.74) is 6.33. The first-order valence-electron chi connectivity index (χ1n) is 9.67. The molecule has 3 aromatic rings. The lowest BCUT2D eigenvalue weighted by Crippen LogP contribution is -2.18. The molecule has 8 nitrogen and oxygen atoms in total. The quantitative estimate of drug-likeness (QED) is 0.338. The van der Waals surface area contributed by atoms with E-state index >= 15 is 0 Å². The standard InChI is InChI=1S/C23H22N2O6S/c24-23(27)21-14-20(10-11-22(21)31-15-17-4-2-1-3-5-17)32(28,29)19-8-6-18(7-9-19)30-13-12-25-16-26/h1-11,14,16H,12-13,15H2,(H2,24,27)(H,25,26). The monoisotopic (exact) mass is 454 g/mol. The molecular formula is C23H22N2O6S. The molecule has 0 aliphatic rings. The van der Waals surface area contributed by atoms with E-state index in [9.17, 15) is 18.0 Å². The van der Waals surface area contributed by atoms with Gasteiger partial charge in [-0.2, -0.15) is 0 Å². The van der Waals surface area contributed by atoms with E-state index in [4.69, 9.17) is 15.2 Å². The number of rotatable bonds is 11. The number of amides is 2. The Labute approximate surface area is 185 Å². The van der Waals surface area contributed by atoms with Crippen LogP contribution >= 0.6 is 0 Å². The Balaban J connectivity index is 1.79. The van der Waals surface area contributed by atoms with Gasteiger partial charge in [0, 0.05) is 0 Å². The largest absolute Gasteiger partial charge is 0.492 e. The molecule has 32 heavy (non-hydrogen) atoms. The normalized spacial score (nSPS) is 10.9. The number of nitrogens with one attached hydrogen (secondary N) is 1. The van der Waals surface area contributed by atoms with E-state index in [0.29, 0.717) is 18.7 Å². The van der Waals surface area contributed by atoms with Crippen LogP contribution in [0, 0.1) is 0 Å². The van der Waals surface area contributed by atoms with E-state index < -0.39 is 15.7 Å². The van der Waals surface area contributed by atoms with Crippen molar-refractivity contribution in [3.63, 3.8) is 0 Å². The molecule has 0 spiro atoms. The second-order valence-corrected chi connectivity index (χ2v) is 8.64. The molecule has 0 saturated heterocycles. The predicted octanol–water partition coefficient (Wildman–Crippen LogP) is 2.32. The minimum absolute atomic E-state index is 0.0235. The summed E-state index contributed by atoms with van der Waals surface area (Å²) >= 11 is 0. The molecule has 0 bridgehead atoms. The van der Waals surface area contributed by atoms with E-state index in [0.717, 1.165) is 5.56 Å². The highest BCUT2D eigenvalue weighted by Gasteiger charge is 2.21. The van der Waals surface area contributed by atoms with Crippen LogP contribution in [-0.4, -0.2) is 33.9 Å². The Morgan fingerprint density at radius 3 is 2.28 bits per heavy atom. The number of nitrogens with two attached hydrogens (primary N) is 1. The van der Waals surface area contributed by atoms with Crippen molar-refractivity contribution >= 4 is 22.2 Å². The smallest absolute Gasteiger partial charge is 0.252 e. The highest BCUT2D eigenvalue weighted by Crippen LogP contribution is 2.28. The second kappa shape index (κ2) is 10.5. The molecule has 9 heteroatoms. The van der Waals surface area contributed by atoms with Gasteiger partial charge < -0.3 is 20.5 Å². The maximum Gasteiger partial charge on any atom is 0.252 e. The summed E-state index contributed by atoms with van der Waals surface area (Å²) in [6, 6.07) is 19.2. The maximum absolute atomic E-state index is 13.0. The van der Waals surface area contributed by atoms with Crippen LogP contribution in [0.15, 0.2) is 82.6 Å². The summed E-state index contributed by atoms with van der Waals surface area (Å²) in [6.45, 7) is 0.784. The predicted molar refractivity (Wildman–Crippen MR) is 117 cm³/mol. The maximum atomic E-state index is 13.0. The molecule has 2 amide bonds. The molecule has 0 unspecified atom stereocenters. The molecule has 0 radical (unpaired) electrons. The van der Waals surface area contributed by atoms with Gasteiger partial charge >= 0.3 is 0 Å². The molecule has 3 rings (SSSR count). The summed E-state index contributed by atoms with van der Waals surface area (Å²) < 4.78 is 37.2. The third-order valence-electron chi connectivity index (χ3n) is 4.50. The van der Waals surface area contributed by atoms with Gasteiger partial charge in [0.05, 0.1) is 21.9 Å². The van der Waals surface area contributed by atoms with Crippen molar-refractivity contribution in [1.82, 2.24) is 5.32 Å². The van der Waals surface area contributed by atoms with Gasteiger partial charge in [0.15, 0.2) is 0 Å². The summed E-state index contributed by atoms with van der Waals surface area (Å²) in [5.74, 6) is -0.134. The van der Waals surface area contributed by atoms with Gasteiger partial charge in [-0.1, -0.05) is 30.3 Å². The third-order valence-corrected chi connectivity index (χ3v) is 6.26.